The van der Waals surface area contributed by atoms with Crippen LogP contribution in [0.3, 0.4) is 0 Å². The number of piperazine rings is 1. The summed E-state index contributed by atoms with van der Waals surface area (Å²) in [5.74, 6) is -0.0156. The lowest BCUT2D eigenvalue weighted by atomic mass is 10.2. The summed E-state index contributed by atoms with van der Waals surface area (Å²) in [7, 11) is 1.54. The predicted octanol–water partition coefficient (Wildman–Crippen LogP) is 0.557. The second-order valence-electron chi connectivity index (χ2n) is 5.12. The summed E-state index contributed by atoms with van der Waals surface area (Å²) in [6.07, 6.45) is 3.47. The molecule has 5 heteroatoms. The van der Waals surface area contributed by atoms with Gasteiger partial charge in [-0.2, -0.15) is 0 Å². The summed E-state index contributed by atoms with van der Waals surface area (Å²) in [5.41, 5.74) is 0. The molecule has 1 amide bonds. The number of rotatable bonds is 9. The molecule has 0 saturated carbocycles. The first kappa shape index (κ1) is 16.4. The van der Waals surface area contributed by atoms with Crippen LogP contribution in [0, 0.1) is 0 Å². The van der Waals surface area contributed by atoms with Gasteiger partial charge in [0.15, 0.2) is 0 Å². The molecule has 1 rings (SSSR count). The molecule has 0 aromatic rings. The van der Waals surface area contributed by atoms with Crippen LogP contribution in [0.4, 0.5) is 0 Å². The van der Waals surface area contributed by atoms with E-state index in [9.17, 15) is 4.79 Å². The largest absolute Gasteiger partial charge is 0.375 e. The van der Waals surface area contributed by atoms with Gasteiger partial charge in [0.1, 0.15) is 6.61 Å². The van der Waals surface area contributed by atoms with E-state index in [1.54, 1.807) is 0 Å². The number of nitrogens with one attached hydrogen (secondary N) is 1. The van der Waals surface area contributed by atoms with Gasteiger partial charge in [-0.05, 0) is 25.9 Å². The summed E-state index contributed by atoms with van der Waals surface area (Å²) in [4.78, 5) is 16.2. The monoisotopic (exact) mass is 271 g/mol. The maximum Gasteiger partial charge on any atom is 0.245 e. The number of unbranched alkanes of at least 4 members (excludes halogenated alkanes) is 2. The molecule has 112 valence electrons. The highest BCUT2D eigenvalue weighted by Gasteiger charge is 2.14. The molecule has 0 spiro atoms. The zero-order valence-corrected chi connectivity index (χ0v) is 12.5. The van der Waals surface area contributed by atoms with Crippen molar-refractivity contribution in [1.82, 2.24) is 15.1 Å². The molecule has 1 aliphatic rings. The van der Waals surface area contributed by atoms with Crippen LogP contribution >= 0.6 is 0 Å². The maximum absolute atomic E-state index is 11.1. The predicted molar refractivity (Wildman–Crippen MR) is 77.3 cm³/mol. The molecule has 1 aliphatic heterocycles. The van der Waals surface area contributed by atoms with E-state index in [-0.39, 0.29) is 12.5 Å². The first-order valence-electron chi connectivity index (χ1n) is 7.46. The van der Waals surface area contributed by atoms with Gasteiger partial charge < -0.3 is 19.9 Å². The highest BCUT2D eigenvalue weighted by Crippen LogP contribution is 2.04. The number of carbonyl (C=O) groups is 1. The van der Waals surface area contributed by atoms with Gasteiger partial charge in [0.2, 0.25) is 5.91 Å². The van der Waals surface area contributed by atoms with E-state index < -0.39 is 0 Å². The minimum absolute atomic E-state index is 0.0156. The van der Waals surface area contributed by atoms with Crippen molar-refractivity contribution in [2.75, 3.05) is 59.5 Å². The highest BCUT2D eigenvalue weighted by atomic mass is 16.5. The van der Waals surface area contributed by atoms with Crippen molar-refractivity contribution in [3.63, 3.8) is 0 Å². The molecule has 0 aliphatic carbocycles. The van der Waals surface area contributed by atoms with Crippen LogP contribution in [0.5, 0.6) is 0 Å². The number of methoxy groups -OCH3 is 1. The number of likely N-dealkylation sites (N-methyl/N-ethyl adjacent to an activating group) is 1. The van der Waals surface area contributed by atoms with Gasteiger partial charge in [0, 0.05) is 39.8 Å². The lowest BCUT2D eigenvalue weighted by Gasteiger charge is -2.33. The lowest BCUT2D eigenvalue weighted by Crippen LogP contribution is -2.46. The van der Waals surface area contributed by atoms with Gasteiger partial charge in [-0.3, -0.25) is 4.79 Å². The van der Waals surface area contributed by atoms with Gasteiger partial charge in [-0.1, -0.05) is 13.3 Å². The Hall–Kier alpha value is -0.650. The first-order valence-corrected chi connectivity index (χ1v) is 7.46. The molecule has 0 bridgehead atoms. The normalized spacial score (nSPS) is 17.6. The molecule has 19 heavy (non-hydrogen) atoms. The molecule has 1 fully saturated rings. The van der Waals surface area contributed by atoms with E-state index in [4.69, 9.17) is 4.74 Å². The van der Waals surface area contributed by atoms with Crippen LogP contribution < -0.4 is 5.32 Å². The average Bonchev–Trinajstić information content (AvgIpc) is 2.43. The standard InChI is InChI=1S/C14H29N3O2/c1-3-16-9-11-17(12-10-16)8-6-4-5-7-15-14(18)13-19-2/h3-13H2,1-2H3,(H,15,18). The van der Waals surface area contributed by atoms with E-state index in [0.717, 1.165) is 13.0 Å². The third kappa shape index (κ3) is 7.50. The molecular weight excluding hydrogens is 242 g/mol. The van der Waals surface area contributed by atoms with Crippen molar-refractivity contribution >= 4 is 5.91 Å². The summed E-state index contributed by atoms with van der Waals surface area (Å²) in [6.45, 7) is 10.4. The Bertz CT molecular complexity index is 241. The SMILES string of the molecule is CCN1CCN(CCCCCNC(=O)COC)CC1. The average molecular weight is 271 g/mol. The number of amides is 1. The molecule has 1 N–H and O–H groups in total. The second-order valence-corrected chi connectivity index (χ2v) is 5.12. The fourth-order valence-corrected chi connectivity index (χ4v) is 2.38. The van der Waals surface area contributed by atoms with E-state index in [1.807, 2.05) is 0 Å². The Morgan fingerprint density at radius 3 is 2.42 bits per heavy atom. The van der Waals surface area contributed by atoms with Crippen LogP contribution in [0.25, 0.3) is 0 Å². The molecule has 0 atom stereocenters. The molecule has 0 aromatic carbocycles. The van der Waals surface area contributed by atoms with Crippen LogP contribution in [0.15, 0.2) is 0 Å². The van der Waals surface area contributed by atoms with Gasteiger partial charge in [0.25, 0.3) is 0 Å². The van der Waals surface area contributed by atoms with E-state index in [1.165, 1.54) is 59.2 Å². The first-order chi connectivity index (χ1) is 9.26. The minimum Gasteiger partial charge on any atom is -0.375 e. The molecule has 5 nitrogen and oxygen atoms in total. The Balaban J connectivity index is 1.90. The topological polar surface area (TPSA) is 44.8 Å². The fourth-order valence-electron chi connectivity index (χ4n) is 2.38. The van der Waals surface area contributed by atoms with Gasteiger partial charge in [-0.25, -0.2) is 0 Å². The van der Waals surface area contributed by atoms with Crippen LogP contribution in [-0.4, -0.2) is 75.2 Å². The zero-order valence-electron chi connectivity index (χ0n) is 12.5. The lowest BCUT2D eigenvalue weighted by molar-refractivity contribution is -0.124. The molecule has 0 aromatic heterocycles. The summed E-state index contributed by atoms with van der Waals surface area (Å²) in [6, 6.07) is 0. The van der Waals surface area contributed by atoms with Crippen LogP contribution in [-0.2, 0) is 9.53 Å². The number of carbonyl (C=O) groups excluding carboxylic acids is 1. The molecule has 0 radical (unpaired) electrons. The smallest absolute Gasteiger partial charge is 0.245 e. The second kappa shape index (κ2) is 10.2. The molecule has 1 saturated heterocycles. The Morgan fingerprint density at radius 1 is 1.11 bits per heavy atom. The van der Waals surface area contributed by atoms with E-state index >= 15 is 0 Å². The maximum atomic E-state index is 11.1. The Kier molecular flexibility index (Phi) is 8.79. The summed E-state index contributed by atoms with van der Waals surface area (Å²) in [5, 5.41) is 2.85. The third-order valence-electron chi connectivity index (χ3n) is 3.66. The van der Waals surface area contributed by atoms with E-state index in [0.29, 0.717) is 0 Å². The van der Waals surface area contributed by atoms with Crippen molar-refractivity contribution in [2.45, 2.75) is 26.2 Å². The number of ether oxygens (including phenoxy) is 1. The van der Waals surface area contributed by atoms with Crippen molar-refractivity contribution in [3.05, 3.63) is 0 Å². The zero-order chi connectivity index (χ0) is 13.9. The van der Waals surface area contributed by atoms with Crippen LogP contribution in [0.2, 0.25) is 0 Å². The Labute approximate surface area is 117 Å². The summed E-state index contributed by atoms with van der Waals surface area (Å²) < 4.78 is 4.76. The number of nitrogens with zero attached hydrogens (tertiary/aromatic N) is 2. The van der Waals surface area contributed by atoms with Gasteiger partial charge >= 0.3 is 0 Å². The summed E-state index contributed by atoms with van der Waals surface area (Å²) >= 11 is 0. The van der Waals surface area contributed by atoms with Crippen molar-refractivity contribution in [1.29, 1.82) is 0 Å². The van der Waals surface area contributed by atoms with Gasteiger partial charge in [0.05, 0.1) is 0 Å². The van der Waals surface area contributed by atoms with Gasteiger partial charge in [-0.15, -0.1) is 0 Å². The van der Waals surface area contributed by atoms with Crippen LogP contribution in [0.1, 0.15) is 26.2 Å². The molecular formula is C14H29N3O2. The van der Waals surface area contributed by atoms with Crippen molar-refractivity contribution < 1.29 is 9.53 Å². The minimum atomic E-state index is -0.0156. The Morgan fingerprint density at radius 2 is 1.79 bits per heavy atom. The quantitative estimate of drug-likeness (QED) is 0.622. The number of hydrogen-bond donors (Lipinski definition) is 1. The fraction of sp³-hybridized carbons (Fsp3) is 0.929. The third-order valence-corrected chi connectivity index (χ3v) is 3.66. The van der Waals surface area contributed by atoms with Crippen molar-refractivity contribution in [3.8, 4) is 0 Å². The van der Waals surface area contributed by atoms with Crippen molar-refractivity contribution in [2.24, 2.45) is 0 Å². The number of hydrogen-bond acceptors (Lipinski definition) is 4. The molecule has 0 unspecified atom stereocenters. The highest BCUT2D eigenvalue weighted by molar-refractivity contribution is 5.77. The molecule has 1 heterocycles. The van der Waals surface area contributed by atoms with E-state index in [2.05, 4.69) is 22.0 Å².